The Morgan fingerprint density at radius 3 is 2.73 bits per heavy atom. The van der Waals surface area contributed by atoms with E-state index in [4.69, 9.17) is 0 Å². The predicted molar refractivity (Wildman–Crippen MR) is 78.0 cm³/mol. The number of hydrogen-bond donors (Lipinski definition) is 3. The molecule has 3 rings (SSSR count). The summed E-state index contributed by atoms with van der Waals surface area (Å²) < 4.78 is 4.55. The summed E-state index contributed by atoms with van der Waals surface area (Å²) >= 11 is 0. The Kier molecular flexibility index (Phi) is 4.37. The van der Waals surface area contributed by atoms with Gasteiger partial charge in [-0.15, -0.1) is 5.10 Å². The first-order valence-corrected chi connectivity index (χ1v) is 7.66. The van der Waals surface area contributed by atoms with E-state index in [0.717, 1.165) is 12.8 Å². The second-order valence-corrected chi connectivity index (χ2v) is 6.09. The van der Waals surface area contributed by atoms with Crippen LogP contribution in [0.25, 0.3) is 0 Å². The van der Waals surface area contributed by atoms with Crippen LogP contribution in [0.15, 0.2) is 0 Å². The van der Waals surface area contributed by atoms with Gasteiger partial charge in [0.15, 0.2) is 0 Å². The average Bonchev–Trinajstić information content (AvgIpc) is 3.05. The van der Waals surface area contributed by atoms with Crippen molar-refractivity contribution in [3.63, 3.8) is 0 Å². The Morgan fingerprint density at radius 1 is 1.32 bits per heavy atom. The van der Waals surface area contributed by atoms with Crippen LogP contribution >= 0.6 is 0 Å². The smallest absolute Gasteiger partial charge is 0.313 e. The van der Waals surface area contributed by atoms with Crippen LogP contribution in [-0.2, 0) is 20.7 Å². The number of rotatable bonds is 5. The van der Waals surface area contributed by atoms with Gasteiger partial charge in [-0.05, 0) is 31.6 Å². The van der Waals surface area contributed by atoms with E-state index in [1.54, 1.807) is 0 Å². The second kappa shape index (κ2) is 6.43. The number of aromatic amines is 1. The molecule has 2 aliphatic rings. The molecule has 120 valence electrons. The maximum Gasteiger partial charge on any atom is 0.313 e. The minimum absolute atomic E-state index is 0.0109. The molecule has 2 atom stereocenters. The van der Waals surface area contributed by atoms with E-state index in [1.165, 1.54) is 20.0 Å². The van der Waals surface area contributed by atoms with Crippen molar-refractivity contribution in [1.82, 2.24) is 20.5 Å². The standard InChI is InChI=1S/C14H21N5O3/c1-22-13(21)7-11-16-14(19-18-11)17-12(20)6-8-4-9-2-3-10(5-8)15-9/h8-10,15H,2-7H2,1H3,(H2,16,17,18,19,20). The normalized spacial score (nSPS) is 26.7. The number of carbonyl (C=O) groups excluding carboxylic acids is 2. The predicted octanol–water partition coefficient (Wildman–Crippen LogP) is 0.379. The van der Waals surface area contributed by atoms with Crippen molar-refractivity contribution in [2.75, 3.05) is 12.4 Å². The third-order valence-electron chi connectivity index (χ3n) is 4.37. The Morgan fingerprint density at radius 2 is 2.05 bits per heavy atom. The lowest BCUT2D eigenvalue weighted by Gasteiger charge is -2.28. The van der Waals surface area contributed by atoms with Gasteiger partial charge in [0, 0.05) is 18.5 Å². The lowest BCUT2D eigenvalue weighted by atomic mass is 9.89. The molecule has 0 radical (unpaired) electrons. The van der Waals surface area contributed by atoms with Crippen LogP contribution < -0.4 is 10.6 Å². The molecule has 8 heteroatoms. The average molecular weight is 307 g/mol. The summed E-state index contributed by atoms with van der Waals surface area (Å²) in [5.74, 6) is 0.532. The number of anilines is 1. The summed E-state index contributed by atoms with van der Waals surface area (Å²) in [4.78, 5) is 27.3. The highest BCUT2D eigenvalue weighted by Crippen LogP contribution is 2.32. The fraction of sp³-hybridized carbons (Fsp3) is 0.714. The van der Waals surface area contributed by atoms with Gasteiger partial charge in [-0.25, -0.2) is 0 Å². The number of fused-ring (bicyclic) bond motifs is 2. The van der Waals surface area contributed by atoms with E-state index in [9.17, 15) is 9.59 Å². The zero-order chi connectivity index (χ0) is 15.5. The second-order valence-electron chi connectivity index (χ2n) is 6.09. The number of ether oxygens (including phenoxy) is 1. The number of amides is 1. The van der Waals surface area contributed by atoms with Gasteiger partial charge in [0.1, 0.15) is 12.2 Å². The molecule has 3 N–H and O–H groups in total. The summed E-state index contributed by atoms with van der Waals surface area (Å²) in [7, 11) is 1.31. The van der Waals surface area contributed by atoms with Crippen LogP contribution in [0.2, 0.25) is 0 Å². The minimum Gasteiger partial charge on any atom is -0.469 e. The van der Waals surface area contributed by atoms with Gasteiger partial charge >= 0.3 is 5.97 Å². The van der Waals surface area contributed by atoms with E-state index in [-0.39, 0.29) is 18.3 Å². The molecule has 3 heterocycles. The molecule has 2 saturated heterocycles. The molecule has 2 fully saturated rings. The van der Waals surface area contributed by atoms with Crippen LogP contribution in [0.3, 0.4) is 0 Å². The molecular formula is C14H21N5O3. The Labute approximate surface area is 128 Å². The molecule has 2 aliphatic heterocycles. The summed E-state index contributed by atoms with van der Waals surface area (Å²) in [6, 6.07) is 1.15. The molecule has 1 aromatic rings. The van der Waals surface area contributed by atoms with Gasteiger partial charge in [0.25, 0.3) is 0 Å². The zero-order valence-corrected chi connectivity index (χ0v) is 12.6. The molecule has 8 nitrogen and oxygen atoms in total. The number of methoxy groups -OCH3 is 1. The van der Waals surface area contributed by atoms with E-state index >= 15 is 0 Å². The number of esters is 1. The van der Waals surface area contributed by atoms with Crippen molar-refractivity contribution in [2.24, 2.45) is 5.92 Å². The lowest BCUT2D eigenvalue weighted by molar-refractivity contribution is -0.139. The SMILES string of the molecule is COC(=O)Cc1nc(NC(=O)CC2CC3CCC(C2)N3)n[nH]1. The molecule has 0 aliphatic carbocycles. The van der Waals surface area contributed by atoms with Gasteiger partial charge in [-0.2, -0.15) is 4.98 Å². The topological polar surface area (TPSA) is 109 Å². The van der Waals surface area contributed by atoms with E-state index < -0.39 is 5.97 Å². The number of aromatic nitrogens is 3. The van der Waals surface area contributed by atoms with Crippen LogP contribution in [0.5, 0.6) is 0 Å². The van der Waals surface area contributed by atoms with E-state index in [0.29, 0.717) is 30.2 Å². The first kappa shape index (κ1) is 15.0. The van der Waals surface area contributed by atoms with Crippen LogP contribution in [0.1, 0.15) is 37.9 Å². The molecule has 22 heavy (non-hydrogen) atoms. The van der Waals surface area contributed by atoms with E-state index in [2.05, 4.69) is 30.6 Å². The molecule has 1 amide bonds. The van der Waals surface area contributed by atoms with Crippen LogP contribution in [-0.4, -0.2) is 46.3 Å². The molecule has 0 spiro atoms. The van der Waals surface area contributed by atoms with Crippen LogP contribution in [0, 0.1) is 5.92 Å². The molecule has 1 aromatic heterocycles. The maximum atomic E-state index is 12.1. The highest BCUT2D eigenvalue weighted by atomic mass is 16.5. The largest absolute Gasteiger partial charge is 0.469 e. The summed E-state index contributed by atoms with van der Waals surface area (Å²) in [5.41, 5.74) is 0. The fourth-order valence-electron chi connectivity index (χ4n) is 3.42. The lowest BCUT2D eigenvalue weighted by Crippen LogP contribution is -2.39. The van der Waals surface area contributed by atoms with Gasteiger partial charge in [0.2, 0.25) is 11.9 Å². The Hall–Kier alpha value is -1.96. The summed E-state index contributed by atoms with van der Waals surface area (Å²) in [5, 5.41) is 12.8. The first-order valence-electron chi connectivity index (χ1n) is 7.66. The van der Waals surface area contributed by atoms with E-state index in [1.807, 2.05) is 0 Å². The molecule has 2 bridgehead atoms. The minimum atomic E-state index is -0.404. The van der Waals surface area contributed by atoms with Gasteiger partial charge in [-0.3, -0.25) is 20.0 Å². The van der Waals surface area contributed by atoms with Gasteiger partial charge in [-0.1, -0.05) is 0 Å². The summed E-state index contributed by atoms with van der Waals surface area (Å²) in [6.07, 6.45) is 5.07. The monoisotopic (exact) mass is 307 g/mol. The zero-order valence-electron chi connectivity index (χ0n) is 12.6. The number of nitrogens with zero attached hydrogens (tertiary/aromatic N) is 2. The van der Waals surface area contributed by atoms with Crippen molar-refractivity contribution in [3.05, 3.63) is 5.82 Å². The highest BCUT2D eigenvalue weighted by molar-refractivity contribution is 5.89. The molecule has 0 aromatic carbocycles. The third kappa shape index (κ3) is 3.62. The maximum absolute atomic E-state index is 12.1. The van der Waals surface area contributed by atoms with Crippen molar-refractivity contribution in [3.8, 4) is 0 Å². The quantitative estimate of drug-likeness (QED) is 0.679. The number of piperidine rings is 1. The highest BCUT2D eigenvalue weighted by Gasteiger charge is 2.34. The van der Waals surface area contributed by atoms with Crippen molar-refractivity contribution in [1.29, 1.82) is 0 Å². The van der Waals surface area contributed by atoms with Crippen molar-refractivity contribution < 1.29 is 14.3 Å². The van der Waals surface area contributed by atoms with Gasteiger partial charge < -0.3 is 10.1 Å². The Balaban J connectivity index is 1.48. The number of carbonyl (C=O) groups is 2. The number of hydrogen-bond acceptors (Lipinski definition) is 6. The van der Waals surface area contributed by atoms with Crippen LogP contribution in [0.4, 0.5) is 5.95 Å². The molecule has 2 unspecified atom stereocenters. The summed E-state index contributed by atoms with van der Waals surface area (Å²) in [6.45, 7) is 0. The van der Waals surface area contributed by atoms with Crippen molar-refractivity contribution >= 4 is 17.8 Å². The fourth-order valence-corrected chi connectivity index (χ4v) is 3.42. The molecule has 0 saturated carbocycles. The van der Waals surface area contributed by atoms with Gasteiger partial charge in [0.05, 0.1) is 7.11 Å². The Bertz CT molecular complexity index is 546. The molecular weight excluding hydrogens is 286 g/mol. The van der Waals surface area contributed by atoms with Crippen molar-refractivity contribution in [2.45, 2.75) is 50.6 Å². The number of nitrogens with one attached hydrogen (secondary N) is 3. The first-order chi connectivity index (χ1) is 10.6. The number of H-pyrrole nitrogens is 1. The third-order valence-corrected chi connectivity index (χ3v) is 4.37.